The molecule has 0 amide bonds. The molecule has 3 aliphatic heterocycles. The maximum atomic E-state index is 13.2. The van der Waals surface area contributed by atoms with Crippen molar-refractivity contribution in [2.45, 2.75) is 18.2 Å². The molecule has 1 aromatic carbocycles. The van der Waals surface area contributed by atoms with Crippen molar-refractivity contribution in [1.82, 2.24) is 14.3 Å². The number of fused-ring (bicyclic) bond motifs is 1. The summed E-state index contributed by atoms with van der Waals surface area (Å²) in [5, 5.41) is 0. The summed E-state index contributed by atoms with van der Waals surface area (Å²) in [5.74, 6) is 2.36. The van der Waals surface area contributed by atoms with Crippen molar-refractivity contribution in [1.29, 1.82) is 0 Å². The molecule has 2 aromatic rings. The van der Waals surface area contributed by atoms with Gasteiger partial charge in [-0.05, 0) is 30.7 Å². The highest BCUT2D eigenvalue weighted by Gasteiger charge is 2.30. The highest BCUT2D eigenvalue weighted by atomic mass is 32.2. The molecule has 3 aliphatic rings. The van der Waals surface area contributed by atoms with Gasteiger partial charge in [0.15, 0.2) is 0 Å². The van der Waals surface area contributed by atoms with Crippen LogP contribution in [0.2, 0.25) is 0 Å². The predicted molar refractivity (Wildman–Crippen MR) is 116 cm³/mol. The molecule has 0 spiro atoms. The molecular formula is C21H27N5O4S. The quantitative estimate of drug-likeness (QED) is 0.691. The molecule has 2 saturated heterocycles. The van der Waals surface area contributed by atoms with Crippen LogP contribution in [0.3, 0.4) is 0 Å². The summed E-state index contributed by atoms with van der Waals surface area (Å²) < 4.78 is 38.8. The molecule has 0 N–H and O–H groups in total. The first-order valence-electron chi connectivity index (χ1n) is 10.7. The number of piperazine rings is 1. The fourth-order valence-corrected chi connectivity index (χ4v) is 5.71. The maximum Gasteiger partial charge on any atom is 0.243 e. The Morgan fingerprint density at radius 3 is 2.45 bits per heavy atom. The van der Waals surface area contributed by atoms with E-state index in [2.05, 4.69) is 14.8 Å². The first kappa shape index (κ1) is 20.5. The molecule has 0 atom stereocenters. The van der Waals surface area contributed by atoms with Gasteiger partial charge in [-0.25, -0.2) is 13.4 Å². The Morgan fingerprint density at radius 2 is 1.68 bits per heavy atom. The number of hydrogen-bond donors (Lipinski definition) is 0. The van der Waals surface area contributed by atoms with E-state index < -0.39 is 10.0 Å². The fourth-order valence-electron chi connectivity index (χ4n) is 4.23. The van der Waals surface area contributed by atoms with Gasteiger partial charge in [0.1, 0.15) is 11.6 Å². The van der Waals surface area contributed by atoms with Crippen molar-refractivity contribution >= 4 is 21.8 Å². The molecular weight excluding hydrogens is 418 g/mol. The van der Waals surface area contributed by atoms with E-state index in [1.807, 2.05) is 13.0 Å². The zero-order valence-electron chi connectivity index (χ0n) is 17.7. The molecule has 9 nitrogen and oxygen atoms in total. The van der Waals surface area contributed by atoms with Crippen LogP contribution in [-0.2, 0) is 21.2 Å². The SMILES string of the molecule is Cc1cc(N2CCN(S(=O)(=O)c3ccc4c(c3)CCO4)CC2)nc(N2CCOCC2)n1. The van der Waals surface area contributed by atoms with E-state index in [0.717, 1.165) is 42.3 Å². The van der Waals surface area contributed by atoms with Gasteiger partial charge in [0.25, 0.3) is 0 Å². The third kappa shape index (κ3) is 4.07. The Bertz CT molecular complexity index is 1060. The van der Waals surface area contributed by atoms with E-state index in [0.29, 0.717) is 56.8 Å². The lowest BCUT2D eigenvalue weighted by Crippen LogP contribution is -2.49. The van der Waals surface area contributed by atoms with Crippen LogP contribution >= 0.6 is 0 Å². The number of rotatable bonds is 4. The van der Waals surface area contributed by atoms with E-state index in [-0.39, 0.29) is 0 Å². The number of nitrogens with zero attached hydrogens (tertiary/aromatic N) is 5. The highest BCUT2D eigenvalue weighted by Crippen LogP contribution is 2.29. The number of hydrogen-bond acceptors (Lipinski definition) is 8. The van der Waals surface area contributed by atoms with E-state index in [4.69, 9.17) is 14.5 Å². The minimum atomic E-state index is -3.53. The number of aromatic nitrogens is 2. The molecule has 0 radical (unpaired) electrons. The Hall–Kier alpha value is -2.43. The fraction of sp³-hybridized carbons (Fsp3) is 0.524. The number of ether oxygens (including phenoxy) is 2. The standard InChI is InChI=1S/C21H27N5O4S/c1-16-14-20(23-21(22-16)25-9-12-29-13-10-25)24-5-7-26(8-6-24)31(27,28)18-2-3-19-17(15-18)4-11-30-19/h2-3,14-15H,4-13H2,1H3. The lowest BCUT2D eigenvalue weighted by atomic mass is 10.2. The van der Waals surface area contributed by atoms with Gasteiger partial charge in [0.2, 0.25) is 16.0 Å². The van der Waals surface area contributed by atoms with Gasteiger partial charge in [-0.1, -0.05) is 0 Å². The van der Waals surface area contributed by atoms with Crippen LogP contribution in [0.15, 0.2) is 29.2 Å². The number of benzene rings is 1. The van der Waals surface area contributed by atoms with Gasteiger partial charge in [0.05, 0.1) is 24.7 Å². The highest BCUT2D eigenvalue weighted by molar-refractivity contribution is 7.89. The predicted octanol–water partition coefficient (Wildman–Crippen LogP) is 1.07. The zero-order valence-corrected chi connectivity index (χ0v) is 18.5. The van der Waals surface area contributed by atoms with Crippen LogP contribution in [0.5, 0.6) is 5.75 Å². The van der Waals surface area contributed by atoms with Crippen molar-refractivity contribution in [2.75, 3.05) is 68.9 Å². The van der Waals surface area contributed by atoms with Crippen molar-refractivity contribution in [3.63, 3.8) is 0 Å². The van der Waals surface area contributed by atoms with Crippen LogP contribution < -0.4 is 14.5 Å². The van der Waals surface area contributed by atoms with Gasteiger partial charge in [0, 0.05) is 57.4 Å². The third-order valence-electron chi connectivity index (χ3n) is 5.98. The summed E-state index contributed by atoms with van der Waals surface area (Å²) in [6, 6.07) is 7.14. The van der Waals surface area contributed by atoms with E-state index in [9.17, 15) is 8.42 Å². The van der Waals surface area contributed by atoms with Gasteiger partial charge < -0.3 is 19.3 Å². The van der Waals surface area contributed by atoms with Crippen LogP contribution in [-0.4, -0.2) is 81.8 Å². The number of aryl methyl sites for hydroxylation is 1. The summed E-state index contributed by atoms with van der Waals surface area (Å²) in [5.41, 5.74) is 1.87. The summed E-state index contributed by atoms with van der Waals surface area (Å²) in [7, 11) is -3.53. The Morgan fingerprint density at radius 1 is 0.903 bits per heavy atom. The summed E-state index contributed by atoms with van der Waals surface area (Å²) in [6.07, 6.45) is 0.755. The van der Waals surface area contributed by atoms with Gasteiger partial charge >= 0.3 is 0 Å². The van der Waals surface area contributed by atoms with Gasteiger partial charge in [-0.15, -0.1) is 0 Å². The number of morpholine rings is 1. The molecule has 10 heteroatoms. The average Bonchev–Trinajstić information content (AvgIpc) is 3.27. The zero-order chi connectivity index (χ0) is 21.4. The second kappa shape index (κ2) is 8.25. The summed E-state index contributed by atoms with van der Waals surface area (Å²) >= 11 is 0. The second-order valence-corrected chi connectivity index (χ2v) is 9.96. The van der Waals surface area contributed by atoms with E-state index in [1.165, 1.54) is 0 Å². The lowest BCUT2D eigenvalue weighted by Gasteiger charge is -2.35. The van der Waals surface area contributed by atoms with Crippen LogP contribution in [0.25, 0.3) is 0 Å². The second-order valence-electron chi connectivity index (χ2n) is 8.03. The number of sulfonamides is 1. The molecule has 0 unspecified atom stereocenters. The lowest BCUT2D eigenvalue weighted by molar-refractivity contribution is 0.122. The molecule has 31 heavy (non-hydrogen) atoms. The maximum absolute atomic E-state index is 13.2. The van der Waals surface area contributed by atoms with E-state index >= 15 is 0 Å². The Labute approximate surface area is 182 Å². The molecule has 4 heterocycles. The van der Waals surface area contributed by atoms with Crippen LogP contribution in [0.1, 0.15) is 11.3 Å². The van der Waals surface area contributed by atoms with Crippen molar-refractivity contribution in [2.24, 2.45) is 0 Å². The van der Waals surface area contributed by atoms with E-state index in [1.54, 1.807) is 22.5 Å². The minimum Gasteiger partial charge on any atom is -0.493 e. The van der Waals surface area contributed by atoms with Crippen molar-refractivity contribution in [3.8, 4) is 5.75 Å². The molecule has 166 valence electrons. The van der Waals surface area contributed by atoms with Gasteiger partial charge in [-0.3, -0.25) is 0 Å². The Kier molecular flexibility index (Phi) is 5.45. The minimum absolute atomic E-state index is 0.345. The molecule has 0 bridgehead atoms. The number of anilines is 2. The molecule has 0 aliphatic carbocycles. The Balaban J connectivity index is 1.29. The third-order valence-corrected chi connectivity index (χ3v) is 7.88. The molecule has 0 saturated carbocycles. The first-order chi connectivity index (χ1) is 15.0. The molecule has 2 fully saturated rings. The smallest absolute Gasteiger partial charge is 0.243 e. The monoisotopic (exact) mass is 445 g/mol. The van der Waals surface area contributed by atoms with Crippen LogP contribution in [0, 0.1) is 6.92 Å². The topological polar surface area (TPSA) is 88.1 Å². The molecule has 5 rings (SSSR count). The normalized spacial score (nSPS) is 19.9. The van der Waals surface area contributed by atoms with Crippen molar-refractivity contribution in [3.05, 3.63) is 35.5 Å². The first-order valence-corrected chi connectivity index (χ1v) is 12.1. The summed E-state index contributed by atoms with van der Waals surface area (Å²) in [4.78, 5) is 14.0. The van der Waals surface area contributed by atoms with Crippen LogP contribution in [0.4, 0.5) is 11.8 Å². The average molecular weight is 446 g/mol. The van der Waals surface area contributed by atoms with Gasteiger partial charge in [-0.2, -0.15) is 9.29 Å². The molecule has 1 aromatic heterocycles. The van der Waals surface area contributed by atoms with Crippen molar-refractivity contribution < 1.29 is 17.9 Å². The largest absolute Gasteiger partial charge is 0.493 e. The summed E-state index contributed by atoms with van der Waals surface area (Å²) in [6.45, 7) is 7.52.